The second-order valence-corrected chi connectivity index (χ2v) is 8.81. The Kier molecular flexibility index (Phi) is 4.93. The molecule has 0 aliphatic carbocycles. The van der Waals surface area contributed by atoms with Gasteiger partial charge in [0.1, 0.15) is 0 Å². The van der Waals surface area contributed by atoms with Crippen LogP contribution in [0.1, 0.15) is 44.4 Å². The molecule has 0 amide bonds. The summed E-state index contributed by atoms with van der Waals surface area (Å²) in [5, 5.41) is 3.72. The number of piperazine rings is 1. The van der Waals surface area contributed by atoms with Gasteiger partial charge in [-0.3, -0.25) is 4.90 Å². The maximum absolute atomic E-state index is 3.72. The predicted octanol–water partition coefficient (Wildman–Crippen LogP) is 3.70. The Labute approximate surface area is 128 Å². The lowest BCUT2D eigenvalue weighted by atomic mass is 9.84. The molecule has 3 atom stereocenters. The molecular weight excluding hydrogens is 264 g/mol. The van der Waals surface area contributed by atoms with Crippen LogP contribution in [-0.4, -0.2) is 36.1 Å². The average molecular weight is 295 g/mol. The molecule has 0 spiro atoms. The summed E-state index contributed by atoms with van der Waals surface area (Å²) in [6, 6.07) is 6.38. The number of aryl methyl sites for hydroxylation is 1. The van der Waals surface area contributed by atoms with Crippen LogP contribution < -0.4 is 5.32 Å². The fourth-order valence-corrected chi connectivity index (χ4v) is 4.09. The lowest BCUT2D eigenvalue weighted by Gasteiger charge is -2.46. The Morgan fingerprint density at radius 1 is 1.40 bits per heavy atom. The second-order valence-electron chi connectivity index (χ2n) is 7.44. The van der Waals surface area contributed by atoms with Crippen LogP contribution in [0.4, 0.5) is 0 Å². The molecule has 2 heterocycles. The van der Waals surface area contributed by atoms with E-state index in [-0.39, 0.29) is 0 Å². The molecule has 1 aliphatic rings. The van der Waals surface area contributed by atoms with Gasteiger partial charge in [0.2, 0.25) is 0 Å². The van der Waals surface area contributed by atoms with Crippen molar-refractivity contribution in [3.63, 3.8) is 0 Å². The minimum Gasteiger partial charge on any atom is -0.311 e. The zero-order chi connectivity index (χ0) is 14.9. The third kappa shape index (κ3) is 3.84. The van der Waals surface area contributed by atoms with Crippen molar-refractivity contribution in [3.05, 3.63) is 21.9 Å². The first kappa shape index (κ1) is 16.0. The Balaban J connectivity index is 2.01. The lowest BCUT2D eigenvalue weighted by molar-refractivity contribution is 0.0635. The minimum atomic E-state index is 0.331. The molecule has 2 nitrogen and oxygen atoms in total. The van der Waals surface area contributed by atoms with Crippen molar-refractivity contribution in [1.82, 2.24) is 10.2 Å². The average Bonchev–Trinajstić information content (AvgIpc) is 2.73. The summed E-state index contributed by atoms with van der Waals surface area (Å²) >= 11 is 1.95. The highest BCUT2D eigenvalue weighted by molar-refractivity contribution is 7.11. The van der Waals surface area contributed by atoms with Crippen molar-refractivity contribution in [1.29, 1.82) is 0 Å². The smallest absolute Gasteiger partial charge is 0.0244 e. The number of nitrogens with zero attached hydrogens (tertiary/aromatic N) is 1. The lowest BCUT2D eigenvalue weighted by Crippen LogP contribution is -2.61. The van der Waals surface area contributed by atoms with Crippen LogP contribution in [0, 0.1) is 12.3 Å². The molecule has 0 saturated carbocycles. The molecule has 0 bridgehead atoms. The summed E-state index contributed by atoms with van der Waals surface area (Å²) in [5.74, 6) is 0. The minimum absolute atomic E-state index is 0.331. The van der Waals surface area contributed by atoms with Gasteiger partial charge in [-0.25, -0.2) is 0 Å². The summed E-state index contributed by atoms with van der Waals surface area (Å²) in [7, 11) is 0. The molecule has 1 fully saturated rings. The number of thiophene rings is 1. The molecule has 2 rings (SSSR count). The van der Waals surface area contributed by atoms with Crippen LogP contribution in [0.5, 0.6) is 0 Å². The van der Waals surface area contributed by atoms with Gasteiger partial charge in [0, 0.05) is 41.0 Å². The normalized spacial score (nSPS) is 26.7. The molecule has 1 saturated heterocycles. The van der Waals surface area contributed by atoms with Crippen LogP contribution in [0.3, 0.4) is 0 Å². The van der Waals surface area contributed by atoms with Crippen molar-refractivity contribution < 1.29 is 0 Å². The van der Waals surface area contributed by atoms with Gasteiger partial charge >= 0.3 is 0 Å². The molecule has 3 unspecified atom stereocenters. The van der Waals surface area contributed by atoms with Gasteiger partial charge in [0.15, 0.2) is 0 Å². The van der Waals surface area contributed by atoms with E-state index < -0.39 is 0 Å². The fraction of sp³-hybridized carbons (Fsp3) is 0.765. The van der Waals surface area contributed by atoms with E-state index in [9.17, 15) is 0 Å². The van der Waals surface area contributed by atoms with E-state index in [0.717, 1.165) is 13.1 Å². The van der Waals surface area contributed by atoms with E-state index in [1.807, 2.05) is 11.3 Å². The quantitative estimate of drug-likeness (QED) is 0.914. The first-order valence-electron chi connectivity index (χ1n) is 7.82. The van der Waals surface area contributed by atoms with Crippen LogP contribution >= 0.6 is 11.3 Å². The predicted molar refractivity (Wildman–Crippen MR) is 89.6 cm³/mol. The molecule has 20 heavy (non-hydrogen) atoms. The van der Waals surface area contributed by atoms with Gasteiger partial charge in [0.25, 0.3) is 0 Å². The van der Waals surface area contributed by atoms with E-state index in [0.29, 0.717) is 23.5 Å². The fourth-order valence-electron chi connectivity index (χ4n) is 3.08. The molecular formula is C17H30N2S. The van der Waals surface area contributed by atoms with Crippen LogP contribution in [-0.2, 0) is 6.42 Å². The Bertz CT molecular complexity index is 432. The monoisotopic (exact) mass is 294 g/mol. The molecule has 0 radical (unpaired) electrons. The van der Waals surface area contributed by atoms with Crippen LogP contribution in [0.2, 0.25) is 0 Å². The Hall–Kier alpha value is -0.380. The molecule has 114 valence electrons. The third-order valence-electron chi connectivity index (χ3n) is 4.52. The van der Waals surface area contributed by atoms with Crippen LogP contribution in [0.15, 0.2) is 12.1 Å². The summed E-state index contributed by atoms with van der Waals surface area (Å²) in [6.07, 6.45) is 1.18. The molecule has 3 heteroatoms. The van der Waals surface area contributed by atoms with E-state index in [1.165, 1.54) is 16.2 Å². The summed E-state index contributed by atoms with van der Waals surface area (Å²) in [6.45, 7) is 16.2. The highest BCUT2D eigenvalue weighted by Crippen LogP contribution is 2.26. The zero-order valence-electron chi connectivity index (χ0n) is 13.9. The summed E-state index contributed by atoms with van der Waals surface area (Å²) in [5.41, 5.74) is 0.331. The third-order valence-corrected chi connectivity index (χ3v) is 5.55. The maximum Gasteiger partial charge on any atom is 0.0244 e. The first-order valence-corrected chi connectivity index (χ1v) is 8.63. The zero-order valence-corrected chi connectivity index (χ0v) is 14.7. The number of hydrogen-bond donors (Lipinski definition) is 1. The molecule has 1 aromatic rings. The second kappa shape index (κ2) is 6.17. The van der Waals surface area contributed by atoms with Crippen molar-refractivity contribution >= 4 is 11.3 Å². The van der Waals surface area contributed by atoms with E-state index in [1.54, 1.807) is 0 Å². The van der Waals surface area contributed by atoms with E-state index in [4.69, 9.17) is 0 Å². The van der Waals surface area contributed by atoms with E-state index >= 15 is 0 Å². The Morgan fingerprint density at radius 2 is 2.10 bits per heavy atom. The topological polar surface area (TPSA) is 15.3 Å². The Morgan fingerprint density at radius 3 is 2.65 bits per heavy atom. The summed E-state index contributed by atoms with van der Waals surface area (Å²) in [4.78, 5) is 5.64. The molecule has 0 aromatic carbocycles. The van der Waals surface area contributed by atoms with Gasteiger partial charge in [-0.2, -0.15) is 0 Å². The standard InChI is InChI=1S/C17H30N2S/c1-12(9-15-8-7-14(3)20-15)19-11-16(17(4,5)6)18-10-13(19)2/h7-8,12-13,16,18H,9-11H2,1-6H3. The number of hydrogen-bond acceptors (Lipinski definition) is 3. The van der Waals surface area contributed by atoms with Gasteiger partial charge in [-0.05, 0) is 44.7 Å². The number of rotatable bonds is 3. The van der Waals surface area contributed by atoms with Crippen molar-refractivity contribution in [2.45, 2.75) is 66.1 Å². The van der Waals surface area contributed by atoms with Gasteiger partial charge in [-0.1, -0.05) is 20.8 Å². The molecule has 1 aliphatic heterocycles. The summed E-state index contributed by atoms with van der Waals surface area (Å²) < 4.78 is 0. The first-order chi connectivity index (χ1) is 9.27. The number of nitrogens with one attached hydrogen (secondary N) is 1. The molecule has 1 N–H and O–H groups in total. The van der Waals surface area contributed by atoms with Gasteiger partial charge in [-0.15, -0.1) is 11.3 Å². The maximum atomic E-state index is 3.72. The van der Waals surface area contributed by atoms with Gasteiger partial charge < -0.3 is 5.32 Å². The largest absolute Gasteiger partial charge is 0.311 e. The van der Waals surface area contributed by atoms with Crippen LogP contribution in [0.25, 0.3) is 0 Å². The van der Waals surface area contributed by atoms with Crippen molar-refractivity contribution in [2.75, 3.05) is 13.1 Å². The highest BCUT2D eigenvalue weighted by Gasteiger charge is 2.34. The van der Waals surface area contributed by atoms with Gasteiger partial charge in [0.05, 0.1) is 0 Å². The van der Waals surface area contributed by atoms with Crippen molar-refractivity contribution in [3.8, 4) is 0 Å². The van der Waals surface area contributed by atoms with Crippen molar-refractivity contribution in [2.24, 2.45) is 5.41 Å². The van der Waals surface area contributed by atoms with E-state index in [2.05, 4.69) is 63.9 Å². The highest BCUT2D eigenvalue weighted by atomic mass is 32.1. The molecule has 1 aromatic heterocycles. The SMILES string of the molecule is Cc1ccc(CC(C)N2CC(C(C)(C)C)NCC2C)s1.